The summed E-state index contributed by atoms with van der Waals surface area (Å²) in [7, 11) is 0. The van der Waals surface area contributed by atoms with Crippen LogP contribution in [0.5, 0.6) is 11.5 Å². The summed E-state index contributed by atoms with van der Waals surface area (Å²) in [5.74, 6) is 0.171. The summed E-state index contributed by atoms with van der Waals surface area (Å²) in [6.07, 6.45) is 1.78. The highest BCUT2D eigenvalue weighted by Crippen LogP contribution is 2.35. The van der Waals surface area contributed by atoms with Crippen LogP contribution >= 0.6 is 0 Å². The second-order valence-electron chi connectivity index (χ2n) is 3.72. The van der Waals surface area contributed by atoms with Crippen LogP contribution in [0.3, 0.4) is 0 Å². The van der Waals surface area contributed by atoms with Crippen molar-refractivity contribution in [2.45, 2.75) is 0 Å². The van der Waals surface area contributed by atoms with Gasteiger partial charge in [-0.1, -0.05) is 6.07 Å². The minimum Gasteiger partial charge on any atom is -1.00 e. The highest BCUT2D eigenvalue weighted by atomic mass is 79.9. The molecule has 0 aliphatic rings. The molecule has 0 fully saturated rings. The first-order valence-electron chi connectivity index (χ1n) is 5.18. The Hall–Kier alpha value is -2.01. The number of hydrogen-bond donors (Lipinski definition) is 2. The number of phenolic OH excluding ortho intramolecular Hbond substituents is 2. The van der Waals surface area contributed by atoms with Crippen LogP contribution in [0, 0.1) is 0 Å². The van der Waals surface area contributed by atoms with Crippen LogP contribution in [0.2, 0.25) is 0 Å². The van der Waals surface area contributed by atoms with Crippen LogP contribution in [0.4, 0.5) is 0 Å². The predicted octanol–water partition coefficient (Wildman–Crippen LogP) is -0.900. The fraction of sp³-hybridized carbons (Fsp3) is 0. The summed E-state index contributed by atoms with van der Waals surface area (Å²) >= 11 is 0. The molecule has 0 unspecified atom stereocenters. The molecule has 4 nitrogen and oxygen atoms in total. The first kappa shape index (κ1) is 12.4. The molecule has 5 heteroatoms. The summed E-state index contributed by atoms with van der Waals surface area (Å²) in [5.41, 5.74) is 1.35. The van der Waals surface area contributed by atoms with E-state index in [4.69, 9.17) is 4.52 Å². The molecule has 0 aliphatic carbocycles. The van der Waals surface area contributed by atoms with E-state index in [0.29, 0.717) is 11.3 Å². The SMILES string of the molecule is Oc1cccc(-c2cc3cccc[n+]3o2)c1O.[Br-]. The smallest absolute Gasteiger partial charge is 0.262 e. The second kappa shape index (κ2) is 4.70. The van der Waals surface area contributed by atoms with Crippen molar-refractivity contribution in [3.8, 4) is 22.8 Å². The largest absolute Gasteiger partial charge is 1.00 e. The van der Waals surface area contributed by atoms with Gasteiger partial charge in [0.2, 0.25) is 12.0 Å². The number of nitrogens with zero attached hydrogens (tertiary/aromatic N) is 1. The zero-order valence-electron chi connectivity index (χ0n) is 9.25. The normalized spacial score (nSPS) is 10.2. The second-order valence-corrected chi connectivity index (χ2v) is 3.72. The molecule has 0 spiro atoms. The Morgan fingerprint density at radius 1 is 1.00 bits per heavy atom. The Morgan fingerprint density at radius 3 is 2.61 bits per heavy atom. The minimum absolute atomic E-state index is 0. The lowest BCUT2D eigenvalue weighted by Gasteiger charge is -2.00. The van der Waals surface area contributed by atoms with Gasteiger partial charge >= 0.3 is 0 Å². The number of halogens is 1. The Morgan fingerprint density at radius 2 is 1.83 bits per heavy atom. The van der Waals surface area contributed by atoms with E-state index in [1.165, 1.54) is 6.07 Å². The fourth-order valence-corrected chi connectivity index (χ4v) is 1.76. The van der Waals surface area contributed by atoms with Gasteiger partial charge in [0.25, 0.3) is 5.52 Å². The first-order chi connectivity index (χ1) is 8.25. The molecule has 2 heterocycles. The maximum absolute atomic E-state index is 9.76. The molecule has 0 amide bonds. The van der Waals surface area contributed by atoms with E-state index in [-0.39, 0.29) is 28.5 Å². The molecule has 2 N–H and O–H groups in total. The van der Waals surface area contributed by atoms with Gasteiger partial charge in [-0.3, -0.25) is 0 Å². The molecule has 0 radical (unpaired) electrons. The van der Waals surface area contributed by atoms with E-state index < -0.39 is 0 Å². The standard InChI is InChI=1S/C13H9NO3.BrH/c15-11-6-3-5-10(13(11)16)12-8-9-4-1-2-7-14(9)17-12;/h1-8,15H;1H. The van der Waals surface area contributed by atoms with Crippen molar-refractivity contribution >= 4 is 5.52 Å². The van der Waals surface area contributed by atoms with Crippen molar-refractivity contribution in [3.05, 3.63) is 48.7 Å². The summed E-state index contributed by atoms with van der Waals surface area (Å²) in [5, 5.41) is 19.2. The number of phenols is 2. The molecule has 3 aromatic rings. The van der Waals surface area contributed by atoms with Gasteiger partial charge in [0, 0.05) is 16.7 Å². The Kier molecular flexibility index (Phi) is 3.25. The van der Waals surface area contributed by atoms with E-state index in [2.05, 4.69) is 0 Å². The molecule has 0 atom stereocenters. The lowest BCUT2D eigenvalue weighted by Crippen LogP contribution is -3.00. The summed E-state index contributed by atoms with van der Waals surface area (Å²) < 4.78 is 7.13. The zero-order chi connectivity index (χ0) is 11.8. The van der Waals surface area contributed by atoms with Gasteiger partial charge in [-0.15, -0.1) is 0 Å². The van der Waals surface area contributed by atoms with Crippen molar-refractivity contribution in [2.24, 2.45) is 0 Å². The maximum Gasteiger partial charge on any atom is 0.262 e. The minimum atomic E-state index is -0.174. The van der Waals surface area contributed by atoms with E-state index in [1.54, 1.807) is 29.0 Å². The number of hydrogen-bond acceptors (Lipinski definition) is 3. The van der Waals surface area contributed by atoms with Crippen molar-refractivity contribution in [1.29, 1.82) is 0 Å². The highest BCUT2D eigenvalue weighted by Gasteiger charge is 2.17. The Balaban J connectivity index is 0.00000120. The summed E-state index contributed by atoms with van der Waals surface area (Å²) in [4.78, 5) is 0. The van der Waals surface area contributed by atoms with Crippen LogP contribution in [-0.4, -0.2) is 10.2 Å². The third-order valence-corrected chi connectivity index (χ3v) is 2.61. The highest BCUT2D eigenvalue weighted by molar-refractivity contribution is 5.70. The van der Waals surface area contributed by atoms with Gasteiger partial charge in [0.1, 0.15) is 0 Å². The van der Waals surface area contributed by atoms with Gasteiger partial charge in [0.15, 0.2) is 11.5 Å². The van der Waals surface area contributed by atoms with Crippen molar-refractivity contribution < 1.29 is 36.3 Å². The molecule has 0 aliphatic heterocycles. The Bertz CT molecular complexity index is 661. The quantitative estimate of drug-likeness (QED) is 0.452. The molecule has 92 valence electrons. The number of rotatable bonds is 1. The molecular weight excluding hydrogens is 298 g/mol. The molecular formula is C13H10BrNO3. The van der Waals surface area contributed by atoms with Crippen LogP contribution < -0.4 is 21.6 Å². The van der Waals surface area contributed by atoms with E-state index in [0.717, 1.165) is 5.52 Å². The molecule has 2 aromatic heterocycles. The average Bonchev–Trinajstić information content (AvgIpc) is 2.76. The van der Waals surface area contributed by atoms with Crippen LogP contribution in [0.25, 0.3) is 16.8 Å². The third-order valence-electron chi connectivity index (χ3n) is 2.61. The van der Waals surface area contributed by atoms with Crippen LogP contribution in [0.1, 0.15) is 0 Å². The van der Waals surface area contributed by atoms with E-state index >= 15 is 0 Å². The summed E-state index contributed by atoms with van der Waals surface area (Å²) in [6.45, 7) is 0. The van der Waals surface area contributed by atoms with Crippen molar-refractivity contribution in [2.75, 3.05) is 0 Å². The average molecular weight is 308 g/mol. The number of pyridine rings is 1. The van der Waals surface area contributed by atoms with Gasteiger partial charge in [-0.25, -0.2) is 4.52 Å². The van der Waals surface area contributed by atoms with Crippen LogP contribution in [0.15, 0.2) is 53.2 Å². The monoisotopic (exact) mass is 307 g/mol. The number of fused-ring (bicyclic) bond motifs is 1. The summed E-state index contributed by atoms with van der Waals surface area (Å²) in [6, 6.07) is 12.2. The topological polar surface area (TPSA) is 57.7 Å². The zero-order valence-corrected chi connectivity index (χ0v) is 10.8. The maximum atomic E-state index is 9.76. The first-order valence-corrected chi connectivity index (χ1v) is 5.18. The molecule has 1 aromatic carbocycles. The fourth-order valence-electron chi connectivity index (χ4n) is 1.76. The predicted molar refractivity (Wildman–Crippen MR) is 60.6 cm³/mol. The number of aromatic hydroxyl groups is 2. The van der Waals surface area contributed by atoms with Gasteiger partial charge in [-0.2, -0.15) is 0 Å². The molecule has 18 heavy (non-hydrogen) atoms. The Labute approximate surface area is 113 Å². The number of aromatic nitrogens is 1. The van der Waals surface area contributed by atoms with Crippen molar-refractivity contribution in [1.82, 2.24) is 0 Å². The van der Waals surface area contributed by atoms with Gasteiger partial charge in [0.05, 0.1) is 11.6 Å². The number of para-hydroxylation sites is 1. The number of benzene rings is 1. The molecule has 0 saturated heterocycles. The molecule has 0 saturated carbocycles. The molecule has 3 rings (SSSR count). The van der Waals surface area contributed by atoms with Crippen molar-refractivity contribution in [3.63, 3.8) is 0 Å². The van der Waals surface area contributed by atoms with E-state index in [9.17, 15) is 10.2 Å². The van der Waals surface area contributed by atoms with E-state index in [1.807, 2.05) is 18.2 Å². The third kappa shape index (κ3) is 1.93. The van der Waals surface area contributed by atoms with Crippen LogP contribution in [-0.2, 0) is 0 Å². The lowest BCUT2D eigenvalue weighted by molar-refractivity contribution is -0.714. The van der Waals surface area contributed by atoms with Gasteiger partial charge < -0.3 is 27.2 Å². The molecule has 0 bridgehead atoms. The lowest BCUT2D eigenvalue weighted by atomic mass is 10.1. The van der Waals surface area contributed by atoms with Gasteiger partial charge in [-0.05, 0) is 18.2 Å².